The van der Waals surface area contributed by atoms with Crippen molar-refractivity contribution < 1.29 is 14.7 Å². The Bertz CT molecular complexity index is 864. The van der Waals surface area contributed by atoms with Gasteiger partial charge in [-0.2, -0.15) is 0 Å². The van der Waals surface area contributed by atoms with Crippen LogP contribution in [0.4, 0.5) is 0 Å². The first-order valence-corrected chi connectivity index (χ1v) is 25.9. The molecule has 57 heavy (non-hydrogen) atoms. The number of hydrogen-bond acceptors (Lipinski definition) is 4. The third-order valence-electron chi connectivity index (χ3n) is 12.8. The highest BCUT2D eigenvalue weighted by atomic mass is 16.3. The second-order valence-electron chi connectivity index (χ2n) is 18.8. The van der Waals surface area contributed by atoms with E-state index in [0.29, 0.717) is 23.5 Å². The number of carbonyl (C=O) groups excluding carboxylic acids is 2. The second-order valence-corrected chi connectivity index (χ2v) is 18.8. The first kappa shape index (κ1) is 56.1. The van der Waals surface area contributed by atoms with E-state index in [1.165, 1.54) is 167 Å². The molecule has 0 aromatic rings. The molecule has 0 heterocycles. The highest BCUT2D eigenvalue weighted by Crippen LogP contribution is 2.24. The molecule has 0 rings (SSSR count). The third kappa shape index (κ3) is 34.5. The van der Waals surface area contributed by atoms with E-state index in [9.17, 15) is 14.7 Å². The quantitative estimate of drug-likeness (QED) is 0.0623. The maximum Gasteiger partial charge on any atom is 0.225 e. The van der Waals surface area contributed by atoms with E-state index < -0.39 is 0 Å². The molecule has 1 N–H and O–H groups in total. The van der Waals surface area contributed by atoms with Gasteiger partial charge >= 0.3 is 0 Å². The van der Waals surface area contributed by atoms with Crippen LogP contribution in [0.25, 0.3) is 0 Å². The number of Topliss-reactive ketones (excluding diaryl/α,β-unsaturated/α-hetero) is 1. The number of amides is 1. The average molecular weight is 805 g/mol. The lowest BCUT2D eigenvalue weighted by Crippen LogP contribution is -2.36. The van der Waals surface area contributed by atoms with Crippen molar-refractivity contribution in [1.29, 1.82) is 0 Å². The molecule has 5 heteroatoms. The van der Waals surface area contributed by atoms with Crippen LogP contribution in [0.5, 0.6) is 0 Å². The molecule has 0 bridgehead atoms. The van der Waals surface area contributed by atoms with Crippen molar-refractivity contribution in [3.63, 3.8) is 0 Å². The van der Waals surface area contributed by atoms with E-state index in [1.54, 1.807) is 0 Å². The van der Waals surface area contributed by atoms with Gasteiger partial charge in [-0.25, -0.2) is 0 Å². The molecule has 1 amide bonds. The number of nitrogens with zero attached hydrogens (tertiary/aromatic N) is 2. The van der Waals surface area contributed by atoms with Crippen LogP contribution in [0.15, 0.2) is 0 Å². The first-order chi connectivity index (χ1) is 27.7. The predicted octanol–water partition coefficient (Wildman–Crippen LogP) is 15.3. The number of aliphatic hydroxyl groups is 1. The zero-order chi connectivity index (χ0) is 42.2. The van der Waals surface area contributed by atoms with Crippen molar-refractivity contribution in [2.45, 2.75) is 272 Å². The molecule has 0 fully saturated rings. The molecule has 0 aliphatic heterocycles. The van der Waals surface area contributed by atoms with Gasteiger partial charge in [-0.15, -0.1) is 0 Å². The summed E-state index contributed by atoms with van der Waals surface area (Å²) in [7, 11) is 2.01. The Morgan fingerprint density at radius 2 is 0.842 bits per heavy atom. The van der Waals surface area contributed by atoms with E-state index in [0.717, 1.165) is 84.0 Å². The molecular weight excluding hydrogens is 701 g/mol. The molecule has 0 saturated carbocycles. The maximum absolute atomic E-state index is 13.5. The van der Waals surface area contributed by atoms with Crippen molar-refractivity contribution in [1.82, 2.24) is 9.80 Å². The maximum atomic E-state index is 13.5. The summed E-state index contributed by atoms with van der Waals surface area (Å²) < 4.78 is 0. The zero-order valence-corrected chi connectivity index (χ0v) is 40.0. The van der Waals surface area contributed by atoms with E-state index in [1.807, 2.05) is 11.9 Å². The molecule has 0 radical (unpaired) electrons. The third-order valence-corrected chi connectivity index (χ3v) is 12.8. The molecule has 0 aromatic heterocycles. The average Bonchev–Trinajstić information content (AvgIpc) is 3.20. The molecule has 0 spiro atoms. The van der Waals surface area contributed by atoms with Gasteiger partial charge in [0.1, 0.15) is 5.78 Å². The Morgan fingerprint density at radius 1 is 0.439 bits per heavy atom. The largest absolute Gasteiger partial charge is 0.392 e. The summed E-state index contributed by atoms with van der Waals surface area (Å²) in [6.45, 7) is 17.4. The SMILES string of the molecule is CCCCCCCCC(CCCCCC)C(=O)CCCCCCC(C)CN(CCCC)CC(O)CCCCN(C)C(=O)C(CCCCCC)CCCCCCCC. The predicted molar refractivity (Wildman–Crippen MR) is 251 cm³/mol. The van der Waals surface area contributed by atoms with Gasteiger partial charge in [0.05, 0.1) is 6.10 Å². The van der Waals surface area contributed by atoms with Gasteiger partial charge in [-0.3, -0.25) is 9.59 Å². The van der Waals surface area contributed by atoms with Gasteiger partial charge in [-0.1, -0.05) is 196 Å². The van der Waals surface area contributed by atoms with Crippen molar-refractivity contribution >= 4 is 11.7 Å². The molecule has 0 aromatic carbocycles. The lowest BCUT2D eigenvalue weighted by molar-refractivity contribution is -0.134. The number of aliphatic hydroxyl groups excluding tert-OH is 1. The van der Waals surface area contributed by atoms with Gasteiger partial charge in [0.2, 0.25) is 5.91 Å². The lowest BCUT2D eigenvalue weighted by atomic mass is 9.88. The zero-order valence-electron chi connectivity index (χ0n) is 40.0. The van der Waals surface area contributed by atoms with Crippen molar-refractivity contribution in [2.75, 3.05) is 33.2 Å². The summed E-state index contributed by atoms with van der Waals surface area (Å²) in [6, 6.07) is 0. The summed E-state index contributed by atoms with van der Waals surface area (Å²) in [6.07, 6.45) is 41.4. The van der Waals surface area contributed by atoms with E-state index in [4.69, 9.17) is 0 Å². The Labute approximate surface area is 358 Å². The standard InChI is InChI=1S/C52H104N2O3/c1-8-13-18-22-24-31-38-48(37-29-20-15-10-3)51(56)42-33-27-26-28-36-47(6)45-54(44-17-12-5)46-50(55)41-34-35-43-53(7)52(57)49(39-30-21-16-11-4)40-32-25-23-19-14-9-2/h47-50,55H,8-46H2,1-7H3. The Morgan fingerprint density at radius 3 is 1.35 bits per heavy atom. The number of unbranched alkanes of at least 4 members (excludes halogenated alkanes) is 21. The molecule has 340 valence electrons. The monoisotopic (exact) mass is 805 g/mol. The van der Waals surface area contributed by atoms with E-state index in [2.05, 4.69) is 46.4 Å². The van der Waals surface area contributed by atoms with Gasteiger partial charge in [0.15, 0.2) is 0 Å². The minimum Gasteiger partial charge on any atom is -0.392 e. The van der Waals surface area contributed by atoms with Crippen LogP contribution in [0.2, 0.25) is 0 Å². The van der Waals surface area contributed by atoms with Crippen LogP contribution in [0, 0.1) is 17.8 Å². The fourth-order valence-corrected chi connectivity index (χ4v) is 8.90. The summed E-state index contributed by atoms with van der Waals surface area (Å²) in [4.78, 5) is 31.3. The van der Waals surface area contributed by atoms with Crippen molar-refractivity contribution in [3.8, 4) is 0 Å². The highest BCUT2D eigenvalue weighted by molar-refractivity contribution is 5.80. The summed E-state index contributed by atoms with van der Waals surface area (Å²) >= 11 is 0. The van der Waals surface area contributed by atoms with Gasteiger partial charge in [0, 0.05) is 44.9 Å². The Kier molecular flexibility index (Phi) is 41.1. The summed E-state index contributed by atoms with van der Waals surface area (Å²) in [5.74, 6) is 2.02. The molecule has 4 unspecified atom stereocenters. The van der Waals surface area contributed by atoms with Gasteiger partial charge < -0.3 is 14.9 Å². The fraction of sp³-hybridized carbons (Fsp3) is 0.962. The minimum atomic E-state index is -0.303. The first-order valence-electron chi connectivity index (χ1n) is 25.9. The summed E-state index contributed by atoms with van der Waals surface area (Å²) in [5.41, 5.74) is 0. The number of rotatable bonds is 45. The smallest absolute Gasteiger partial charge is 0.225 e. The Balaban J connectivity index is 4.58. The molecule has 4 atom stereocenters. The van der Waals surface area contributed by atoms with Crippen LogP contribution < -0.4 is 0 Å². The molecule has 0 aliphatic carbocycles. The number of ketones is 1. The fourth-order valence-electron chi connectivity index (χ4n) is 8.90. The number of carbonyl (C=O) groups is 2. The van der Waals surface area contributed by atoms with E-state index >= 15 is 0 Å². The minimum absolute atomic E-state index is 0.184. The number of hydrogen-bond donors (Lipinski definition) is 1. The van der Waals surface area contributed by atoms with Crippen LogP contribution in [0.1, 0.15) is 266 Å². The molecule has 5 nitrogen and oxygen atoms in total. The van der Waals surface area contributed by atoms with Crippen LogP contribution >= 0.6 is 0 Å². The second kappa shape index (κ2) is 41.8. The molecular formula is C52H104N2O3. The van der Waals surface area contributed by atoms with Crippen molar-refractivity contribution in [2.24, 2.45) is 17.8 Å². The van der Waals surface area contributed by atoms with Gasteiger partial charge in [-0.05, 0) is 76.7 Å². The van der Waals surface area contributed by atoms with Crippen LogP contribution in [0.3, 0.4) is 0 Å². The van der Waals surface area contributed by atoms with Crippen molar-refractivity contribution in [3.05, 3.63) is 0 Å². The topological polar surface area (TPSA) is 60.9 Å². The van der Waals surface area contributed by atoms with Crippen LogP contribution in [-0.4, -0.2) is 65.9 Å². The molecule has 0 aliphatic rings. The highest BCUT2D eigenvalue weighted by Gasteiger charge is 2.22. The van der Waals surface area contributed by atoms with E-state index in [-0.39, 0.29) is 12.0 Å². The Hall–Kier alpha value is -0.940. The van der Waals surface area contributed by atoms with Gasteiger partial charge in [0.25, 0.3) is 0 Å². The van der Waals surface area contributed by atoms with Crippen LogP contribution in [-0.2, 0) is 9.59 Å². The molecule has 0 saturated heterocycles. The lowest BCUT2D eigenvalue weighted by Gasteiger charge is -2.28. The normalized spacial score (nSPS) is 13.9. The summed E-state index contributed by atoms with van der Waals surface area (Å²) in [5, 5.41) is 11.1.